The monoisotopic (exact) mass is 510 g/mol. The Hall–Kier alpha value is -3.82. The molecule has 1 aromatic heterocycles. The number of carbonyl (C=O) groups excluding carboxylic acids is 1. The lowest BCUT2D eigenvalue weighted by Crippen LogP contribution is -2.45. The van der Waals surface area contributed by atoms with E-state index >= 15 is 0 Å². The molecule has 9 nitrogen and oxygen atoms in total. The van der Waals surface area contributed by atoms with Gasteiger partial charge >= 0.3 is 6.03 Å². The number of amidine groups is 1. The molecule has 0 saturated carbocycles. The van der Waals surface area contributed by atoms with Crippen LogP contribution in [0, 0.1) is 0 Å². The number of fused-ring (bicyclic) bond motifs is 1. The SMILES string of the molecule is C=C1NC(=O)N(c2cc(Cl)c(Oc3cc(C4CCc5ccccc5C4)c(=O)[nH]n3)c(Cl)c2)N=C1N. The largest absolute Gasteiger partial charge is 0.434 e. The summed E-state index contributed by atoms with van der Waals surface area (Å²) >= 11 is 12.9. The van der Waals surface area contributed by atoms with E-state index in [-0.39, 0.29) is 50.4 Å². The fourth-order valence-electron chi connectivity index (χ4n) is 4.23. The molecule has 0 fully saturated rings. The molecule has 3 aromatic rings. The van der Waals surface area contributed by atoms with Crippen molar-refractivity contribution in [2.24, 2.45) is 10.8 Å². The zero-order valence-electron chi connectivity index (χ0n) is 18.3. The second kappa shape index (κ2) is 9.09. The average Bonchev–Trinajstić information content (AvgIpc) is 2.84. The predicted molar refractivity (Wildman–Crippen MR) is 134 cm³/mol. The molecule has 1 unspecified atom stereocenters. The number of aromatic amines is 1. The minimum absolute atomic E-state index is 0.0306. The van der Waals surface area contributed by atoms with Crippen LogP contribution >= 0.6 is 23.2 Å². The van der Waals surface area contributed by atoms with E-state index in [1.807, 2.05) is 12.1 Å². The Morgan fingerprint density at radius 3 is 2.57 bits per heavy atom. The summed E-state index contributed by atoms with van der Waals surface area (Å²) in [4.78, 5) is 24.8. The molecule has 178 valence electrons. The van der Waals surface area contributed by atoms with Crippen molar-refractivity contribution in [3.05, 3.63) is 91.8 Å². The number of H-pyrrole nitrogens is 1. The quantitative estimate of drug-likeness (QED) is 0.477. The smallest absolute Gasteiger partial charge is 0.347 e. The first-order chi connectivity index (χ1) is 16.8. The fourth-order valence-corrected chi connectivity index (χ4v) is 4.78. The van der Waals surface area contributed by atoms with E-state index in [1.54, 1.807) is 6.07 Å². The molecule has 0 spiro atoms. The van der Waals surface area contributed by atoms with Gasteiger partial charge in [-0.15, -0.1) is 10.2 Å². The highest BCUT2D eigenvalue weighted by molar-refractivity contribution is 6.37. The van der Waals surface area contributed by atoms with Gasteiger partial charge in [-0.3, -0.25) is 4.79 Å². The maximum absolute atomic E-state index is 12.6. The van der Waals surface area contributed by atoms with Crippen molar-refractivity contribution in [2.45, 2.75) is 25.2 Å². The topological polar surface area (TPSA) is 126 Å². The molecular weight excluding hydrogens is 491 g/mol. The lowest BCUT2D eigenvalue weighted by molar-refractivity contribution is 0.248. The number of carbonyl (C=O) groups is 1. The van der Waals surface area contributed by atoms with Crippen LogP contribution in [-0.4, -0.2) is 22.1 Å². The number of aromatic nitrogens is 2. The average molecular weight is 511 g/mol. The maximum atomic E-state index is 12.6. The Morgan fingerprint density at radius 1 is 1.11 bits per heavy atom. The van der Waals surface area contributed by atoms with E-state index in [4.69, 9.17) is 33.7 Å². The molecule has 5 rings (SSSR count). The molecule has 1 atom stereocenters. The number of hydrogen-bond acceptors (Lipinski definition) is 6. The first kappa shape index (κ1) is 22.9. The standard InChI is InChI=1S/C24H20Cl2N6O3/c1-12-22(27)31-32(24(34)28-12)16-9-18(25)21(19(26)10-16)35-20-11-17(23(33)30-29-20)15-7-6-13-4-2-3-5-14(13)8-15/h2-5,9-11,15H,1,6-8H2,(H2,27,31)(H,28,34)(H,30,33). The summed E-state index contributed by atoms with van der Waals surface area (Å²) in [6.07, 6.45) is 2.49. The molecule has 1 aliphatic carbocycles. The Bertz CT molecular complexity index is 1430. The molecule has 35 heavy (non-hydrogen) atoms. The molecule has 2 heterocycles. The van der Waals surface area contributed by atoms with Crippen molar-refractivity contribution < 1.29 is 9.53 Å². The highest BCUT2D eigenvalue weighted by Crippen LogP contribution is 2.40. The molecule has 2 aromatic carbocycles. The summed E-state index contributed by atoms with van der Waals surface area (Å²) < 4.78 is 5.86. The van der Waals surface area contributed by atoms with Gasteiger partial charge in [0.2, 0.25) is 5.88 Å². The van der Waals surface area contributed by atoms with Crippen LogP contribution in [0.15, 0.2) is 64.6 Å². The van der Waals surface area contributed by atoms with E-state index in [0.717, 1.165) is 24.3 Å². The van der Waals surface area contributed by atoms with Crippen LogP contribution in [0.1, 0.15) is 29.0 Å². The minimum atomic E-state index is -0.564. The number of aryl methyl sites for hydroxylation is 1. The van der Waals surface area contributed by atoms with E-state index in [1.165, 1.54) is 23.3 Å². The summed E-state index contributed by atoms with van der Waals surface area (Å²) in [6, 6.07) is 12.2. The summed E-state index contributed by atoms with van der Waals surface area (Å²) in [5.74, 6) is 0.343. The van der Waals surface area contributed by atoms with E-state index in [9.17, 15) is 9.59 Å². The second-order valence-electron chi connectivity index (χ2n) is 8.25. The molecule has 0 bridgehead atoms. The molecule has 1 aliphatic heterocycles. The van der Waals surface area contributed by atoms with Crippen molar-refractivity contribution in [1.29, 1.82) is 0 Å². The number of nitrogens with zero attached hydrogens (tertiary/aromatic N) is 3. The Labute approximate surface area is 210 Å². The predicted octanol–water partition coefficient (Wildman–Crippen LogP) is 4.46. The molecular formula is C24H20Cl2N6O3. The summed E-state index contributed by atoms with van der Waals surface area (Å²) in [6.45, 7) is 3.61. The maximum Gasteiger partial charge on any atom is 0.347 e. The number of urea groups is 1. The van der Waals surface area contributed by atoms with E-state index in [2.05, 4.69) is 39.3 Å². The van der Waals surface area contributed by atoms with Crippen LogP contribution < -0.4 is 26.4 Å². The van der Waals surface area contributed by atoms with Gasteiger partial charge in [0.1, 0.15) is 0 Å². The van der Waals surface area contributed by atoms with Crippen LogP contribution in [0.5, 0.6) is 11.6 Å². The van der Waals surface area contributed by atoms with Crippen molar-refractivity contribution in [3.8, 4) is 11.6 Å². The molecule has 2 amide bonds. The number of hydrogen-bond donors (Lipinski definition) is 3. The van der Waals surface area contributed by atoms with Crippen LogP contribution in [0.4, 0.5) is 10.5 Å². The van der Waals surface area contributed by atoms with Gasteiger partial charge in [-0.25, -0.2) is 9.89 Å². The van der Waals surface area contributed by atoms with Gasteiger partial charge in [0.05, 0.1) is 21.4 Å². The Balaban J connectivity index is 1.42. The number of ether oxygens (including phenoxy) is 1. The lowest BCUT2D eigenvalue weighted by Gasteiger charge is -2.25. The third-order valence-electron chi connectivity index (χ3n) is 6.00. The Kier molecular flexibility index (Phi) is 5.96. The second-order valence-corrected chi connectivity index (χ2v) is 9.06. The normalized spacial score (nSPS) is 17.5. The first-order valence-electron chi connectivity index (χ1n) is 10.8. The first-order valence-corrected chi connectivity index (χ1v) is 11.5. The molecule has 4 N–H and O–H groups in total. The van der Waals surface area contributed by atoms with Gasteiger partial charge in [-0.1, -0.05) is 54.0 Å². The fraction of sp³-hybridized carbons (Fsp3) is 0.167. The highest BCUT2D eigenvalue weighted by Gasteiger charge is 2.26. The van der Waals surface area contributed by atoms with Gasteiger partial charge in [-0.2, -0.15) is 5.01 Å². The third kappa shape index (κ3) is 4.48. The van der Waals surface area contributed by atoms with E-state index in [0.29, 0.717) is 5.56 Å². The molecule has 2 aliphatic rings. The summed E-state index contributed by atoms with van der Waals surface area (Å²) in [5.41, 5.74) is 9.10. The number of amides is 2. The zero-order valence-corrected chi connectivity index (χ0v) is 19.9. The number of nitrogens with one attached hydrogen (secondary N) is 2. The van der Waals surface area contributed by atoms with E-state index < -0.39 is 6.03 Å². The van der Waals surface area contributed by atoms with Gasteiger partial charge in [0.15, 0.2) is 11.6 Å². The zero-order chi connectivity index (χ0) is 24.7. The third-order valence-corrected chi connectivity index (χ3v) is 6.56. The molecule has 0 saturated heterocycles. The summed E-state index contributed by atoms with van der Waals surface area (Å²) in [7, 11) is 0. The number of benzene rings is 2. The minimum Gasteiger partial charge on any atom is -0.434 e. The number of anilines is 1. The van der Waals surface area contributed by atoms with Crippen molar-refractivity contribution >= 4 is 40.8 Å². The van der Waals surface area contributed by atoms with Crippen molar-refractivity contribution in [1.82, 2.24) is 15.5 Å². The van der Waals surface area contributed by atoms with Gasteiger partial charge in [0, 0.05) is 11.6 Å². The van der Waals surface area contributed by atoms with Crippen LogP contribution in [0.25, 0.3) is 0 Å². The van der Waals surface area contributed by atoms with Crippen LogP contribution in [0.2, 0.25) is 10.0 Å². The number of halogens is 2. The van der Waals surface area contributed by atoms with Crippen LogP contribution in [0.3, 0.4) is 0 Å². The van der Waals surface area contributed by atoms with Gasteiger partial charge in [0.25, 0.3) is 5.56 Å². The Morgan fingerprint density at radius 2 is 1.83 bits per heavy atom. The number of nitrogens with two attached hydrogens (primary N) is 1. The number of rotatable bonds is 4. The highest BCUT2D eigenvalue weighted by atomic mass is 35.5. The lowest BCUT2D eigenvalue weighted by atomic mass is 9.81. The molecule has 11 heteroatoms. The number of hydrazone groups is 1. The van der Waals surface area contributed by atoms with Gasteiger partial charge < -0.3 is 15.8 Å². The van der Waals surface area contributed by atoms with Crippen LogP contribution in [-0.2, 0) is 12.8 Å². The van der Waals surface area contributed by atoms with Gasteiger partial charge in [-0.05, 0) is 48.4 Å². The summed E-state index contributed by atoms with van der Waals surface area (Å²) in [5, 5.41) is 14.2. The van der Waals surface area contributed by atoms with Crippen molar-refractivity contribution in [3.63, 3.8) is 0 Å². The molecule has 0 radical (unpaired) electrons. The van der Waals surface area contributed by atoms with Crippen molar-refractivity contribution in [2.75, 3.05) is 5.01 Å².